The maximum absolute atomic E-state index is 12.1. The summed E-state index contributed by atoms with van der Waals surface area (Å²) in [5.41, 5.74) is 2.75. The molecule has 4 heteroatoms. The first-order valence-corrected chi connectivity index (χ1v) is 7.74. The number of carbonyl (C=O) groups is 1. The normalized spacial score (nSPS) is 14.4. The number of pyridine rings is 1. The van der Waals surface area contributed by atoms with E-state index < -0.39 is 0 Å². The third-order valence-electron chi connectivity index (χ3n) is 3.82. The van der Waals surface area contributed by atoms with Gasteiger partial charge in [-0.15, -0.1) is 0 Å². The molecule has 3 rings (SSSR count). The van der Waals surface area contributed by atoms with Gasteiger partial charge in [0, 0.05) is 37.5 Å². The molecule has 0 aliphatic carbocycles. The molecule has 0 atom stereocenters. The zero-order valence-corrected chi connectivity index (χ0v) is 13.2. The van der Waals surface area contributed by atoms with Crippen LogP contribution in [0, 0.1) is 11.8 Å². The lowest BCUT2D eigenvalue weighted by molar-refractivity contribution is 0.137. The Kier molecular flexibility index (Phi) is 4.58. The summed E-state index contributed by atoms with van der Waals surface area (Å²) >= 11 is 0. The molecule has 2 heterocycles. The Balaban J connectivity index is 1.66. The third-order valence-corrected chi connectivity index (χ3v) is 3.82. The van der Waals surface area contributed by atoms with Crippen molar-refractivity contribution in [1.82, 2.24) is 14.8 Å². The minimum atomic E-state index is 0.0750. The quantitative estimate of drug-likeness (QED) is 0.800. The Morgan fingerprint density at radius 1 is 1.04 bits per heavy atom. The van der Waals surface area contributed by atoms with Gasteiger partial charge in [-0.2, -0.15) is 0 Å². The second-order valence-electron chi connectivity index (χ2n) is 5.63. The van der Waals surface area contributed by atoms with E-state index in [0.717, 1.165) is 36.3 Å². The summed E-state index contributed by atoms with van der Waals surface area (Å²) in [6.07, 6.45) is 2.77. The van der Waals surface area contributed by atoms with E-state index in [-0.39, 0.29) is 6.03 Å². The molecule has 0 bridgehead atoms. The number of amides is 2. The summed E-state index contributed by atoms with van der Waals surface area (Å²) in [6.45, 7) is 2.17. The molecule has 1 aliphatic rings. The van der Waals surface area contributed by atoms with E-state index in [1.54, 1.807) is 11.1 Å². The fourth-order valence-corrected chi connectivity index (χ4v) is 2.53. The molecule has 2 amide bonds. The van der Waals surface area contributed by atoms with Crippen LogP contribution in [0.1, 0.15) is 23.2 Å². The number of benzene rings is 1. The zero-order chi connectivity index (χ0) is 16.1. The Labute approximate surface area is 136 Å². The summed E-state index contributed by atoms with van der Waals surface area (Å²) in [5, 5.41) is 0. The van der Waals surface area contributed by atoms with Crippen LogP contribution in [-0.2, 0) is 6.54 Å². The van der Waals surface area contributed by atoms with Crippen molar-refractivity contribution in [2.24, 2.45) is 0 Å². The molecular weight excluding hydrogens is 286 g/mol. The minimum Gasteiger partial charge on any atom is -0.328 e. The van der Waals surface area contributed by atoms with Crippen molar-refractivity contribution in [2.45, 2.75) is 13.0 Å². The SMILES string of the molecule is CN1CCCN(Cc2ccc(C#Cc3ccccc3)cn2)C1=O. The highest BCUT2D eigenvalue weighted by Gasteiger charge is 2.22. The number of hydrogen-bond donors (Lipinski definition) is 0. The maximum Gasteiger partial charge on any atom is 0.320 e. The van der Waals surface area contributed by atoms with Gasteiger partial charge in [0.1, 0.15) is 0 Å². The molecule has 1 aromatic heterocycles. The average Bonchev–Trinajstić information content (AvgIpc) is 2.59. The average molecular weight is 305 g/mol. The van der Waals surface area contributed by atoms with Crippen LogP contribution in [0.25, 0.3) is 0 Å². The van der Waals surface area contributed by atoms with Crippen LogP contribution in [0.2, 0.25) is 0 Å². The number of carbonyl (C=O) groups excluding carboxylic acids is 1. The topological polar surface area (TPSA) is 36.4 Å². The van der Waals surface area contributed by atoms with Gasteiger partial charge in [0.25, 0.3) is 0 Å². The van der Waals surface area contributed by atoms with Crippen molar-refractivity contribution in [3.8, 4) is 11.8 Å². The van der Waals surface area contributed by atoms with Gasteiger partial charge in [-0.3, -0.25) is 4.98 Å². The summed E-state index contributed by atoms with van der Waals surface area (Å²) in [5.74, 6) is 6.22. The van der Waals surface area contributed by atoms with Gasteiger partial charge in [-0.1, -0.05) is 30.0 Å². The van der Waals surface area contributed by atoms with Gasteiger partial charge in [0.15, 0.2) is 0 Å². The van der Waals surface area contributed by atoms with Crippen molar-refractivity contribution < 1.29 is 4.79 Å². The van der Waals surface area contributed by atoms with Gasteiger partial charge in [0.2, 0.25) is 0 Å². The van der Waals surface area contributed by atoms with Gasteiger partial charge >= 0.3 is 6.03 Å². The highest BCUT2D eigenvalue weighted by atomic mass is 16.2. The van der Waals surface area contributed by atoms with Crippen LogP contribution in [-0.4, -0.2) is 41.0 Å². The van der Waals surface area contributed by atoms with Gasteiger partial charge in [-0.25, -0.2) is 4.79 Å². The molecule has 2 aromatic rings. The van der Waals surface area contributed by atoms with E-state index in [1.807, 2.05) is 54.4 Å². The standard InChI is InChI=1S/C19H19N3O/c1-21-12-5-13-22(19(21)23)15-18-11-10-17(14-20-18)9-8-16-6-3-2-4-7-16/h2-4,6-7,10-11,14H,5,12-13,15H2,1H3. The molecule has 1 aromatic carbocycles. The first-order valence-electron chi connectivity index (χ1n) is 7.74. The molecule has 0 saturated carbocycles. The molecule has 0 unspecified atom stereocenters. The number of urea groups is 1. The van der Waals surface area contributed by atoms with Crippen LogP contribution in [0.5, 0.6) is 0 Å². The summed E-state index contributed by atoms with van der Waals surface area (Å²) in [7, 11) is 1.84. The Morgan fingerprint density at radius 2 is 1.83 bits per heavy atom. The number of aromatic nitrogens is 1. The van der Waals surface area contributed by atoms with Gasteiger partial charge in [0.05, 0.1) is 12.2 Å². The number of nitrogens with zero attached hydrogens (tertiary/aromatic N) is 3. The van der Waals surface area contributed by atoms with Crippen LogP contribution < -0.4 is 0 Å². The van der Waals surface area contributed by atoms with Crippen molar-refractivity contribution in [3.63, 3.8) is 0 Å². The molecule has 0 radical (unpaired) electrons. The summed E-state index contributed by atoms with van der Waals surface area (Å²) in [4.78, 5) is 20.1. The fraction of sp³-hybridized carbons (Fsp3) is 0.263. The smallest absolute Gasteiger partial charge is 0.320 e. The summed E-state index contributed by atoms with van der Waals surface area (Å²) < 4.78 is 0. The second-order valence-corrected chi connectivity index (χ2v) is 5.63. The van der Waals surface area contributed by atoms with E-state index in [1.165, 1.54) is 0 Å². The van der Waals surface area contributed by atoms with Crippen LogP contribution in [0.4, 0.5) is 4.79 Å². The molecule has 23 heavy (non-hydrogen) atoms. The highest BCUT2D eigenvalue weighted by Crippen LogP contribution is 2.11. The van der Waals surface area contributed by atoms with Crippen LogP contribution in [0.3, 0.4) is 0 Å². The molecule has 0 spiro atoms. The van der Waals surface area contributed by atoms with E-state index in [9.17, 15) is 4.79 Å². The lowest BCUT2D eigenvalue weighted by Gasteiger charge is -2.33. The van der Waals surface area contributed by atoms with E-state index >= 15 is 0 Å². The Bertz CT molecular complexity index is 729. The molecule has 0 N–H and O–H groups in total. The van der Waals surface area contributed by atoms with Crippen molar-refractivity contribution in [2.75, 3.05) is 20.1 Å². The highest BCUT2D eigenvalue weighted by molar-refractivity contribution is 5.74. The number of rotatable bonds is 2. The lowest BCUT2D eigenvalue weighted by Crippen LogP contribution is -2.46. The molecule has 1 fully saturated rings. The number of hydrogen-bond acceptors (Lipinski definition) is 2. The molecule has 1 aliphatic heterocycles. The first-order chi connectivity index (χ1) is 11.2. The molecule has 4 nitrogen and oxygen atoms in total. The van der Waals surface area contributed by atoms with Crippen LogP contribution in [0.15, 0.2) is 48.7 Å². The van der Waals surface area contributed by atoms with Gasteiger partial charge in [-0.05, 0) is 30.7 Å². The monoisotopic (exact) mass is 305 g/mol. The minimum absolute atomic E-state index is 0.0750. The first kappa shape index (κ1) is 15.1. The molecule has 1 saturated heterocycles. The Hall–Kier alpha value is -2.80. The second kappa shape index (κ2) is 6.97. The van der Waals surface area contributed by atoms with E-state index in [0.29, 0.717) is 6.54 Å². The largest absolute Gasteiger partial charge is 0.328 e. The third kappa shape index (κ3) is 3.89. The fourth-order valence-electron chi connectivity index (χ4n) is 2.53. The predicted octanol–water partition coefficient (Wildman–Crippen LogP) is 2.74. The van der Waals surface area contributed by atoms with E-state index in [2.05, 4.69) is 16.8 Å². The van der Waals surface area contributed by atoms with Gasteiger partial charge < -0.3 is 9.80 Å². The molecule has 116 valence electrons. The zero-order valence-electron chi connectivity index (χ0n) is 13.2. The van der Waals surface area contributed by atoms with Crippen LogP contribution >= 0.6 is 0 Å². The van der Waals surface area contributed by atoms with Crippen molar-refractivity contribution >= 4 is 6.03 Å². The summed E-state index contributed by atoms with van der Waals surface area (Å²) in [6, 6.07) is 13.8. The lowest BCUT2D eigenvalue weighted by atomic mass is 10.2. The predicted molar refractivity (Wildman–Crippen MR) is 89.7 cm³/mol. The van der Waals surface area contributed by atoms with Crippen molar-refractivity contribution in [3.05, 3.63) is 65.5 Å². The van der Waals surface area contributed by atoms with E-state index in [4.69, 9.17) is 0 Å². The maximum atomic E-state index is 12.1. The molecular formula is C19H19N3O. The van der Waals surface area contributed by atoms with Crippen molar-refractivity contribution in [1.29, 1.82) is 0 Å². The Morgan fingerprint density at radius 3 is 2.57 bits per heavy atom.